The van der Waals surface area contributed by atoms with E-state index in [1.807, 2.05) is 67.4 Å². The Morgan fingerprint density at radius 2 is 1.72 bits per heavy atom. The second-order valence-corrected chi connectivity index (χ2v) is 6.19. The fraction of sp³-hybridized carbons (Fsp3) is 0.200. The van der Waals surface area contributed by atoms with Crippen molar-refractivity contribution >= 4 is 11.6 Å². The Balaban J connectivity index is 1.63. The fourth-order valence-corrected chi connectivity index (χ4v) is 2.50. The third kappa shape index (κ3) is 4.55. The number of likely N-dealkylation sites (N-methyl/N-ethyl adjacent to an activating group) is 1. The first-order chi connectivity index (χ1) is 12.1. The first kappa shape index (κ1) is 16.9. The molecule has 0 saturated carbocycles. The van der Waals surface area contributed by atoms with Gasteiger partial charge in [0.15, 0.2) is 0 Å². The van der Waals surface area contributed by atoms with Gasteiger partial charge >= 0.3 is 0 Å². The Morgan fingerprint density at radius 1 is 1.04 bits per heavy atom. The first-order valence-corrected chi connectivity index (χ1v) is 8.26. The van der Waals surface area contributed by atoms with Crippen LogP contribution in [0.2, 0.25) is 0 Å². The molecule has 0 aliphatic carbocycles. The molecule has 0 aliphatic heterocycles. The molecule has 0 atom stereocenters. The van der Waals surface area contributed by atoms with Gasteiger partial charge in [0.25, 0.3) is 5.91 Å². The molecule has 0 saturated heterocycles. The Kier molecular flexibility index (Phi) is 5.26. The van der Waals surface area contributed by atoms with Crippen molar-refractivity contribution in [2.75, 3.05) is 26.0 Å². The highest BCUT2D eigenvalue weighted by atomic mass is 16.1. The molecule has 1 N–H and O–H groups in total. The molecule has 1 amide bonds. The zero-order chi connectivity index (χ0) is 17.6. The number of carbonyl (C=O) groups is 1. The van der Waals surface area contributed by atoms with Gasteiger partial charge in [0.05, 0.1) is 18.4 Å². The summed E-state index contributed by atoms with van der Waals surface area (Å²) in [7, 11) is 4.04. The molecular weight excluding hydrogens is 312 g/mol. The lowest BCUT2D eigenvalue weighted by molar-refractivity contribution is 0.102. The lowest BCUT2D eigenvalue weighted by Crippen LogP contribution is -2.18. The van der Waals surface area contributed by atoms with Gasteiger partial charge in [-0.05, 0) is 37.4 Å². The summed E-state index contributed by atoms with van der Waals surface area (Å²) in [5.41, 5.74) is 3.56. The number of aromatic nitrogens is 2. The molecule has 0 aliphatic rings. The van der Waals surface area contributed by atoms with E-state index in [1.165, 1.54) is 0 Å². The largest absolute Gasteiger partial charge is 0.319 e. The maximum absolute atomic E-state index is 12.4. The number of nitrogens with one attached hydrogen (secondary N) is 1. The van der Waals surface area contributed by atoms with E-state index in [0.717, 1.165) is 24.2 Å². The molecule has 5 heteroatoms. The summed E-state index contributed by atoms with van der Waals surface area (Å²) in [6.07, 6.45) is 3.52. The minimum Gasteiger partial charge on any atom is -0.319 e. The summed E-state index contributed by atoms with van der Waals surface area (Å²) in [5, 5.41) is 7.15. The normalized spacial score (nSPS) is 10.8. The number of nitrogens with zero attached hydrogens (tertiary/aromatic N) is 3. The van der Waals surface area contributed by atoms with Gasteiger partial charge in [0, 0.05) is 18.3 Å². The quantitative estimate of drug-likeness (QED) is 0.752. The van der Waals surface area contributed by atoms with Crippen molar-refractivity contribution in [2.45, 2.75) is 6.54 Å². The average molecular weight is 334 g/mol. The number of amides is 1. The molecule has 25 heavy (non-hydrogen) atoms. The van der Waals surface area contributed by atoms with Gasteiger partial charge in [-0.3, -0.25) is 9.48 Å². The van der Waals surface area contributed by atoms with Gasteiger partial charge < -0.3 is 10.2 Å². The van der Waals surface area contributed by atoms with Crippen molar-refractivity contribution in [1.29, 1.82) is 0 Å². The Labute approximate surface area is 147 Å². The van der Waals surface area contributed by atoms with Crippen LogP contribution in [0.1, 0.15) is 10.4 Å². The summed E-state index contributed by atoms with van der Waals surface area (Å²) in [4.78, 5) is 14.5. The second-order valence-electron chi connectivity index (χ2n) is 6.19. The second kappa shape index (κ2) is 7.77. The number of hydrogen-bond donors (Lipinski definition) is 1. The highest BCUT2D eigenvalue weighted by molar-refractivity contribution is 6.04. The van der Waals surface area contributed by atoms with Crippen LogP contribution in [0.3, 0.4) is 0 Å². The van der Waals surface area contributed by atoms with Crippen LogP contribution >= 0.6 is 0 Å². The number of carbonyl (C=O) groups excluding carboxylic acids is 1. The molecule has 1 aromatic heterocycles. The van der Waals surface area contributed by atoms with Crippen LogP contribution in [0.25, 0.3) is 11.1 Å². The van der Waals surface area contributed by atoms with Crippen LogP contribution in [-0.4, -0.2) is 41.2 Å². The number of hydrogen-bond acceptors (Lipinski definition) is 3. The minimum atomic E-state index is -0.133. The molecule has 128 valence electrons. The zero-order valence-corrected chi connectivity index (χ0v) is 14.5. The molecule has 0 bridgehead atoms. The summed E-state index contributed by atoms with van der Waals surface area (Å²) in [6, 6.07) is 17.7. The van der Waals surface area contributed by atoms with E-state index in [0.29, 0.717) is 11.3 Å². The van der Waals surface area contributed by atoms with E-state index in [-0.39, 0.29) is 5.91 Å². The van der Waals surface area contributed by atoms with Gasteiger partial charge in [0.1, 0.15) is 0 Å². The smallest absolute Gasteiger partial charge is 0.255 e. The van der Waals surface area contributed by atoms with Gasteiger partial charge in [-0.2, -0.15) is 5.10 Å². The van der Waals surface area contributed by atoms with E-state index in [9.17, 15) is 4.79 Å². The lowest BCUT2D eigenvalue weighted by Gasteiger charge is -2.08. The van der Waals surface area contributed by atoms with Crippen molar-refractivity contribution in [3.05, 3.63) is 72.6 Å². The van der Waals surface area contributed by atoms with Crippen LogP contribution in [0.15, 0.2) is 67.0 Å². The molecule has 0 radical (unpaired) electrons. The monoisotopic (exact) mass is 334 g/mol. The average Bonchev–Trinajstić information content (AvgIpc) is 3.08. The maximum atomic E-state index is 12.4. The van der Waals surface area contributed by atoms with Gasteiger partial charge in [-0.1, -0.05) is 42.5 Å². The molecule has 2 aromatic carbocycles. The van der Waals surface area contributed by atoms with Gasteiger partial charge in [0.2, 0.25) is 0 Å². The summed E-state index contributed by atoms with van der Waals surface area (Å²) in [6.45, 7) is 1.69. The number of rotatable bonds is 6. The third-order valence-electron chi connectivity index (χ3n) is 3.92. The molecular formula is C20H22N4O. The predicted octanol–water partition coefficient (Wildman–Crippen LogP) is 3.36. The van der Waals surface area contributed by atoms with Crippen molar-refractivity contribution in [3.8, 4) is 11.1 Å². The van der Waals surface area contributed by atoms with Gasteiger partial charge in [-0.15, -0.1) is 0 Å². The van der Waals surface area contributed by atoms with E-state index in [1.54, 1.807) is 6.20 Å². The molecule has 0 spiro atoms. The molecule has 1 heterocycles. The van der Waals surface area contributed by atoms with E-state index >= 15 is 0 Å². The van der Waals surface area contributed by atoms with E-state index in [2.05, 4.69) is 27.4 Å². The summed E-state index contributed by atoms with van der Waals surface area (Å²) < 4.78 is 1.83. The van der Waals surface area contributed by atoms with Crippen LogP contribution in [0.4, 0.5) is 5.69 Å². The van der Waals surface area contributed by atoms with E-state index in [4.69, 9.17) is 0 Å². The van der Waals surface area contributed by atoms with Crippen molar-refractivity contribution < 1.29 is 4.79 Å². The zero-order valence-electron chi connectivity index (χ0n) is 14.5. The molecule has 3 rings (SSSR count). The SMILES string of the molecule is CN(C)CCn1cc(NC(=O)c2ccc(-c3ccccc3)cc2)cn1. The highest BCUT2D eigenvalue weighted by Gasteiger charge is 2.08. The van der Waals surface area contributed by atoms with E-state index < -0.39 is 0 Å². The van der Waals surface area contributed by atoms with Crippen molar-refractivity contribution in [3.63, 3.8) is 0 Å². The molecule has 3 aromatic rings. The van der Waals surface area contributed by atoms with Crippen LogP contribution in [0.5, 0.6) is 0 Å². The maximum Gasteiger partial charge on any atom is 0.255 e. The molecule has 5 nitrogen and oxygen atoms in total. The van der Waals surface area contributed by atoms with Crippen molar-refractivity contribution in [2.24, 2.45) is 0 Å². The van der Waals surface area contributed by atoms with Crippen LogP contribution in [0, 0.1) is 0 Å². The number of anilines is 1. The van der Waals surface area contributed by atoms with Crippen LogP contribution in [-0.2, 0) is 6.54 Å². The minimum absolute atomic E-state index is 0.133. The Morgan fingerprint density at radius 3 is 2.40 bits per heavy atom. The Hall–Kier alpha value is -2.92. The Bertz CT molecular complexity index is 822. The summed E-state index contributed by atoms with van der Waals surface area (Å²) in [5.74, 6) is -0.133. The third-order valence-corrected chi connectivity index (χ3v) is 3.92. The standard InChI is InChI=1S/C20H22N4O/c1-23(2)12-13-24-15-19(14-21-24)22-20(25)18-10-8-17(9-11-18)16-6-4-3-5-7-16/h3-11,14-15H,12-13H2,1-2H3,(H,22,25). The predicted molar refractivity (Wildman–Crippen MR) is 101 cm³/mol. The molecule has 0 unspecified atom stereocenters. The van der Waals surface area contributed by atoms with Crippen molar-refractivity contribution in [1.82, 2.24) is 14.7 Å². The van der Waals surface area contributed by atoms with Gasteiger partial charge in [-0.25, -0.2) is 0 Å². The van der Waals surface area contributed by atoms with Crippen LogP contribution < -0.4 is 5.32 Å². The number of benzene rings is 2. The summed E-state index contributed by atoms with van der Waals surface area (Å²) >= 11 is 0. The molecule has 0 fully saturated rings. The lowest BCUT2D eigenvalue weighted by atomic mass is 10.0. The topological polar surface area (TPSA) is 50.2 Å². The first-order valence-electron chi connectivity index (χ1n) is 8.26. The highest BCUT2D eigenvalue weighted by Crippen LogP contribution is 2.19. The fourth-order valence-electron chi connectivity index (χ4n) is 2.50.